The molecule has 0 fully saturated rings. The Morgan fingerprint density at radius 3 is 1.92 bits per heavy atom. The molecule has 1 rings (SSSR count). The van der Waals surface area contributed by atoms with E-state index in [0.29, 0.717) is 12.9 Å². The van der Waals surface area contributed by atoms with Crippen LogP contribution in [0.2, 0.25) is 0 Å². The third-order valence-corrected chi connectivity index (χ3v) is 1.41. The van der Waals surface area contributed by atoms with Crippen molar-refractivity contribution in [1.29, 1.82) is 0 Å². The Hall–Kier alpha value is 0.0274. The summed E-state index contributed by atoms with van der Waals surface area (Å²) in [6.07, 6.45) is 0. The van der Waals surface area contributed by atoms with Crippen LogP contribution in [0.3, 0.4) is 0 Å². The van der Waals surface area contributed by atoms with Gasteiger partial charge in [-0.3, -0.25) is 4.39 Å². The third-order valence-electron chi connectivity index (χ3n) is 1.08. The van der Waals surface area contributed by atoms with E-state index < -0.39 is 0 Å². The van der Waals surface area contributed by atoms with Gasteiger partial charge in [0, 0.05) is 0 Å². The first-order valence-corrected chi connectivity index (χ1v) is 3.61. The summed E-state index contributed by atoms with van der Waals surface area (Å²) < 4.78 is 21.7. The van der Waals surface area contributed by atoms with Gasteiger partial charge >= 0.3 is 18.9 Å². The average molecular weight is 182 g/mol. The van der Waals surface area contributed by atoms with Crippen LogP contribution in [0, 0.1) is 5.82 Å². The predicted octanol–water partition coefficient (Wildman–Crippen LogP) is -0.538. The molecule has 4 heteroatoms. The normalized spacial score (nSPS) is 7.67. The zero-order valence-corrected chi connectivity index (χ0v) is 8.00. The molecule has 0 nitrogen and oxygen atoms in total. The van der Waals surface area contributed by atoms with Gasteiger partial charge in [0.05, 0.1) is 7.18 Å². The van der Waals surface area contributed by atoms with Gasteiger partial charge in [0.25, 0.3) is 0 Å². The average Bonchev–Trinajstić information content (AvgIpc) is 2.10. The molecular weight excluding hydrogens is 173 g/mol. The van der Waals surface area contributed by atoms with E-state index in [1.165, 1.54) is 12.1 Å². The van der Waals surface area contributed by atoms with E-state index in [1.807, 2.05) is 0 Å². The minimum atomic E-state index is -0.206. The van der Waals surface area contributed by atoms with E-state index >= 15 is 0 Å². The second-order valence-electron chi connectivity index (χ2n) is 1.77. The molecule has 0 amide bonds. The molecule has 0 aliphatic carbocycles. The first kappa shape index (κ1) is 14.5. The smallest absolute Gasteiger partial charge is 0.788 e. The number of alkyl halides is 1. The van der Waals surface area contributed by atoms with E-state index in [-0.39, 0.29) is 24.7 Å². The van der Waals surface area contributed by atoms with Gasteiger partial charge in [-0.05, 0) is 12.1 Å². The van der Waals surface area contributed by atoms with Crippen molar-refractivity contribution < 1.29 is 27.6 Å². The summed E-state index contributed by atoms with van der Waals surface area (Å²) in [5.74, 6) is 0.350. The van der Waals surface area contributed by atoms with Gasteiger partial charge in [0.2, 0.25) is 0 Å². The van der Waals surface area contributed by atoms with E-state index in [2.05, 4.69) is 0 Å². The van der Waals surface area contributed by atoms with Crippen LogP contribution in [0.15, 0.2) is 24.3 Å². The number of benzene rings is 1. The van der Waals surface area contributed by atoms with Gasteiger partial charge < -0.3 is 12.6 Å². The fraction of sp³-hybridized carbons (Fsp3) is 0.250. The Bertz CT molecular complexity index is 189. The van der Waals surface area contributed by atoms with Crippen molar-refractivity contribution in [2.45, 2.75) is 5.75 Å². The first-order chi connectivity index (χ1) is 5.33. The SMILES string of the molecule is CF.Fc1ccc(C[S-])cc1.[Li+]. The van der Waals surface area contributed by atoms with Crippen molar-refractivity contribution in [3.63, 3.8) is 0 Å². The molecule has 1 aromatic rings. The van der Waals surface area contributed by atoms with Gasteiger partial charge in [-0.1, -0.05) is 17.7 Å². The fourth-order valence-corrected chi connectivity index (χ4v) is 0.773. The topological polar surface area (TPSA) is 0 Å². The molecule has 62 valence electrons. The van der Waals surface area contributed by atoms with E-state index in [0.717, 1.165) is 5.56 Å². The van der Waals surface area contributed by atoms with Crippen LogP contribution in [0.5, 0.6) is 0 Å². The minimum Gasteiger partial charge on any atom is -0.788 e. The van der Waals surface area contributed by atoms with Crippen molar-refractivity contribution in [2.24, 2.45) is 0 Å². The molecule has 0 unspecified atom stereocenters. The van der Waals surface area contributed by atoms with E-state index in [9.17, 15) is 8.78 Å². The predicted molar refractivity (Wildman–Crippen MR) is 44.5 cm³/mol. The van der Waals surface area contributed by atoms with Crippen molar-refractivity contribution in [2.75, 3.05) is 7.18 Å². The van der Waals surface area contributed by atoms with Crippen LogP contribution >= 0.6 is 0 Å². The third kappa shape index (κ3) is 5.65. The van der Waals surface area contributed by atoms with Crippen LogP contribution < -0.4 is 18.9 Å². The Kier molecular flexibility index (Phi) is 11.1. The molecule has 0 saturated carbocycles. The maximum atomic E-state index is 12.2. The molecule has 0 saturated heterocycles. The van der Waals surface area contributed by atoms with Crippen molar-refractivity contribution in [3.05, 3.63) is 35.6 Å². The van der Waals surface area contributed by atoms with Crippen LogP contribution in [0.25, 0.3) is 0 Å². The van der Waals surface area contributed by atoms with Gasteiger partial charge in [-0.15, -0.1) is 0 Å². The Labute approximate surface area is 89.0 Å². The first-order valence-electron chi connectivity index (χ1n) is 3.03. The number of hydrogen-bond donors (Lipinski definition) is 0. The zero-order chi connectivity index (χ0) is 8.69. The van der Waals surface area contributed by atoms with Crippen LogP contribution in [-0.2, 0) is 18.4 Å². The van der Waals surface area contributed by atoms with Crippen molar-refractivity contribution in [3.8, 4) is 0 Å². The number of hydrogen-bond acceptors (Lipinski definition) is 1. The number of rotatable bonds is 1. The molecule has 0 atom stereocenters. The molecular formula is C8H9F2LiS. The maximum Gasteiger partial charge on any atom is 1.00 e. The maximum absolute atomic E-state index is 12.2. The van der Waals surface area contributed by atoms with Crippen molar-refractivity contribution >= 4 is 12.6 Å². The van der Waals surface area contributed by atoms with Crippen molar-refractivity contribution in [1.82, 2.24) is 0 Å². The summed E-state index contributed by atoms with van der Waals surface area (Å²) in [4.78, 5) is 0. The molecule has 12 heavy (non-hydrogen) atoms. The van der Waals surface area contributed by atoms with E-state index in [1.54, 1.807) is 12.1 Å². The van der Waals surface area contributed by atoms with E-state index in [4.69, 9.17) is 12.6 Å². The molecule has 0 spiro atoms. The molecule has 0 aliphatic heterocycles. The number of halogens is 2. The van der Waals surface area contributed by atoms with Gasteiger partial charge in [0.1, 0.15) is 5.82 Å². The van der Waals surface area contributed by atoms with Crippen LogP contribution in [-0.4, -0.2) is 7.18 Å². The summed E-state index contributed by atoms with van der Waals surface area (Å²) in [5, 5.41) is 0. The molecule has 0 N–H and O–H groups in total. The zero-order valence-electron chi connectivity index (χ0n) is 7.18. The quantitative estimate of drug-likeness (QED) is 0.415. The molecule has 0 aliphatic rings. The molecule has 0 aromatic heterocycles. The van der Waals surface area contributed by atoms with Crippen LogP contribution in [0.1, 0.15) is 5.56 Å². The molecule has 1 aromatic carbocycles. The van der Waals surface area contributed by atoms with Crippen LogP contribution in [0.4, 0.5) is 8.78 Å². The molecule has 0 radical (unpaired) electrons. The fourth-order valence-electron chi connectivity index (χ4n) is 0.581. The Morgan fingerprint density at radius 1 is 1.17 bits per heavy atom. The monoisotopic (exact) mass is 182 g/mol. The Balaban J connectivity index is 0. The molecule has 0 heterocycles. The summed E-state index contributed by atoms with van der Waals surface area (Å²) in [6, 6.07) is 6.23. The second-order valence-corrected chi connectivity index (χ2v) is 2.06. The summed E-state index contributed by atoms with van der Waals surface area (Å²) in [6.45, 7) is 0. The standard InChI is InChI=1S/C7H7FS.CH3F.Li/c8-7-3-1-6(5-9)2-4-7;1-2;/h1-4,9H,5H2;1H3;/q;;+1/p-1. The summed E-state index contributed by atoms with van der Waals surface area (Å²) in [5.41, 5.74) is 0.992. The largest absolute Gasteiger partial charge is 1.00 e. The van der Waals surface area contributed by atoms with Gasteiger partial charge in [-0.25, -0.2) is 4.39 Å². The summed E-state index contributed by atoms with van der Waals surface area (Å²) >= 11 is 4.74. The molecule has 0 bridgehead atoms. The minimum absolute atomic E-state index is 0. The van der Waals surface area contributed by atoms with Gasteiger partial charge in [0.15, 0.2) is 0 Å². The van der Waals surface area contributed by atoms with Gasteiger partial charge in [-0.2, -0.15) is 5.75 Å². The second kappa shape index (κ2) is 9.12. The Morgan fingerprint density at radius 2 is 1.58 bits per heavy atom. The summed E-state index contributed by atoms with van der Waals surface area (Å²) in [7, 11) is 0.500.